The summed E-state index contributed by atoms with van der Waals surface area (Å²) < 4.78 is 6.32. The molecule has 26 heavy (non-hydrogen) atoms. The highest BCUT2D eigenvalue weighted by molar-refractivity contribution is 9.10. The van der Waals surface area contributed by atoms with Crippen LogP contribution in [0.2, 0.25) is 0 Å². The normalized spacial score (nSPS) is 10.3. The zero-order valence-electron chi connectivity index (χ0n) is 15.2. The van der Waals surface area contributed by atoms with Gasteiger partial charge in [0.2, 0.25) is 0 Å². The molecule has 0 fully saturated rings. The number of ether oxygens (including phenoxy) is 1. The van der Waals surface area contributed by atoms with Gasteiger partial charge in [0.1, 0.15) is 5.75 Å². The average molecular weight is 419 g/mol. The minimum Gasteiger partial charge on any atom is -0.493 e. The zero-order chi connectivity index (χ0) is 19.1. The van der Waals surface area contributed by atoms with Crippen molar-refractivity contribution in [3.63, 3.8) is 0 Å². The summed E-state index contributed by atoms with van der Waals surface area (Å²) >= 11 is 3.38. The van der Waals surface area contributed by atoms with Crippen molar-refractivity contribution in [3.8, 4) is 5.75 Å². The van der Waals surface area contributed by atoms with E-state index in [9.17, 15) is 9.59 Å². The Morgan fingerprint density at radius 1 is 1.08 bits per heavy atom. The molecule has 0 unspecified atom stereocenters. The van der Waals surface area contributed by atoms with E-state index in [1.807, 2.05) is 26.8 Å². The number of benzene rings is 2. The van der Waals surface area contributed by atoms with Crippen LogP contribution in [0.25, 0.3) is 0 Å². The first kappa shape index (κ1) is 20.0. The number of nitrogens with one attached hydrogen (secondary N) is 1. The first-order chi connectivity index (χ1) is 12.5. The van der Waals surface area contributed by atoms with Gasteiger partial charge in [-0.25, -0.2) is 0 Å². The summed E-state index contributed by atoms with van der Waals surface area (Å²) in [6.45, 7) is 7.50. The van der Waals surface area contributed by atoms with Crippen molar-refractivity contribution in [2.75, 3.05) is 25.0 Å². The number of hydrogen-bond donors (Lipinski definition) is 1. The molecule has 2 aromatic carbocycles. The summed E-state index contributed by atoms with van der Waals surface area (Å²) in [5.74, 6) is 0.175. The number of amides is 2. The average Bonchev–Trinajstić information content (AvgIpc) is 2.64. The molecule has 0 aliphatic heterocycles. The third-order valence-corrected chi connectivity index (χ3v) is 4.40. The lowest BCUT2D eigenvalue weighted by Gasteiger charge is -2.19. The van der Waals surface area contributed by atoms with Crippen LogP contribution in [-0.2, 0) is 0 Å². The van der Waals surface area contributed by atoms with Crippen LogP contribution in [0.4, 0.5) is 5.69 Å². The molecule has 2 aromatic rings. The maximum absolute atomic E-state index is 12.7. The molecule has 0 aliphatic rings. The highest BCUT2D eigenvalue weighted by Gasteiger charge is 2.16. The van der Waals surface area contributed by atoms with E-state index < -0.39 is 0 Å². The number of nitrogens with zero attached hydrogens (tertiary/aromatic N) is 1. The maximum Gasteiger partial charge on any atom is 0.259 e. The number of rotatable bonds is 7. The molecule has 2 rings (SSSR count). The molecule has 6 heteroatoms. The molecule has 138 valence electrons. The Bertz CT molecular complexity index is 788. The van der Waals surface area contributed by atoms with Crippen molar-refractivity contribution in [3.05, 3.63) is 58.1 Å². The SMILES string of the molecule is CCOc1ccc(Br)cc1C(=O)Nc1cccc(C(=O)N(CC)CC)c1. The standard InChI is InChI=1S/C20H23BrN2O3/c1-4-23(5-2)20(25)14-8-7-9-16(12-14)22-19(24)17-13-15(21)10-11-18(17)26-6-3/h7-13H,4-6H2,1-3H3,(H,22,24). The Morgan fingerprint density at radius 3 is 2.46 bits per heavy atom. The fraction of sp³-hybridized carbons (Fsp3) is 0.300. The van der Waals surface area contributed by atoms with E-state index in [0.717, 1.165) is 4.47 Å². The van der Waals surface area contributed by atoms with Gasteiger partial charge in [0.15, 0.2) is 0 Å². The quantitative estimate of drug-likeness (QED) is 0.715. The third-order valence-electron chi connectivity index (χ3n) is 3.90. The number of carbonyl (C=O) groups is 2. The number of carbonyl (C=O) groups excluding carboxylic acids is 2. The highest BCUT2D eigenvalue weighted by Crippen LogP contribution is 2.24. The molecule has 2 amide bonds. The van der Waals surface area contributed by atoms with E-state index >= 15 is 0 Å². The molecular weight excluding hydrogens is 396 g/mol. The van der Waals surface area contributed by atoms with Gasteiger partial charge in [0.25, 0.3) is 11.8 Å². The van der Waals surface area contributed by atoms with Crippen LogP contribution in [0.3, 0.4) is 0 Å². The van der Waals surface area contributed by atoms with Crippen molar-refractivity contribution in [2.24, 2.45) is 0 Å². The van der Waals surface area contributed by atoms with Crippen LogP contribution in [0.15, 0.2) is 46.9 Å². The van der Waals surface area contributed by atoms with Crippen LogP contribution < -0.4 is 10.1 Å². The van der Waals surface area contributed by atoms with Crippen LogP contribution in [0.1, 0.15) is 41.5 Å². The van der Waals surface area contributed by atoms with Crippen LogP contribution >= 0.6 is 15.9 Å². The van der Waals surface area contributed by atoms with E-state index in [2.05, 4.69) is 21.2 Å². The Morgan fingerprint density at radius 2 is 1.81 bits per heavy atom. The van der Waals surface area contributed by atoms with Gasteiger partial charge < -0.3 is 15.0 Å². The zero-order valence-corrected chi connectivity index (χ0v) is 16.8. The maximum atomic E-state index is 12.7. The fourth-order valence-corrected chi connectivity index (χ4v) is 2.94. The molecule has 0 heterocycles. The Kier molecular flexibility index (Phi) is 7.21. The van der Waals surface area contributed by atoms with Crippen molar-refractivity contribution in [2.45, 2.75) is 20.8 Å². The predicted molar refractivity (Wildman–Crippen MR) is 107 cm³/mol. The minimum absolute atomic E-state index is 0.0523. The van der Waals surface area contributed by atoms with Crippen molar-refractivity contribution < 1.29 is 14.3 Å². The Balaban J connectivity index is 2.24. The van der Waals surface area contributed by atoms with Gasteiger partial charge >= 0.3 is 0 Å². The molecule has 1 N–H and O–H groups in total. The first-order valence-corrected chi connectivity index (χ1v) is 9.42. The molecular formula is C20H23BrN2O3. The van der Waals surface area contributed by atoms with E-state index in [4.69, 9.17) is 4.74 Å². The van der Waals surface area contributed by atoms with Gasteiger partial charge in [0.05, 0.1) is 12.2 Å². The lowest BCUT2D eigenvalue weighted by molar-refractivity contribution is 0.0772. The molecule has 0 radical (unpaired) electrons. The van der Waals surface area contributed by atoms with E-state index in [1.54, 1.807) is 41.3 Å². The number of halogens is 1. The predicted octanol–water partition coefficient (Wildman–Crippen LogP) is 4.58. The molecule has 0 atom stereocenters. The summed E-state index contributed by atoms with van der Waals surface area (Å²) in [7, 11) is 0. The topological polar surface area (TPSA) is 58.6 Å². The third kappa shape index (κ3) is 4.85. The summed E-state index contributed by atoms with van der Waals surface area (Å²) in [5.41, 5.74) is 1.54. The molecule has 5 nitrogen and oxygen atoms in total. The van der Waals surface area contributed by atoms with Gasteiger partial charge in [-0.05, 0) is 57.2 Å². The number of anilines is 1. The lowest BCUT2D eigenvalue weighted by atomic mass is 10.1. The van der Waals surface area contributed by atoms with Crippen LogP contribution in [0, 0.1) is 0 Å². The second-order valence-corrected chi connectivity index (χ2v) is 6.50. The second kappa shape index (κ2) is 9.38. The first-order valence-electron chi connectivity index (χ1n) is 8.63. The van der Waals surface area contributed by atoms with E-state index in [1.165, 1.54) is 0 Å². The highest BCUT2D eigenvalue weighted by atomic mass is 79.9. The van der Waals surface area contributed by atoms with Crippen molar-refractivity contribution in [1.82, 2.24) is 4.90 Å². The smallest absolute Gasteiger partial charge is 0.259 e. The molecule has 0 saturated carbocycles. The molecule has 0 aliphatic carbocycles. The summed E-state index contributed by atoms with van der Waals surface area (Å²) in [5, 5.41) is 2.84. The van der Waals surface area contributed by atoms with Gasteiger partial charge in [-0.1, -0.05) is 22.0 Å². The summed E-state index contributed by atoms with van der Waals surface area (Å²) in [4.78, 5) is 26.9. The monoisotopic (exact) mass is 418 g/mol. The largest absolute Gasteiger partial charge is 0.493 e. The van der Waals surface area contributed by atoms with Crippen molar-refractivity contribution >= 4 is 33.4 Å². The van der Waals surface area contributed by atoms with Gasteiger partial charge in [0, 0.05) is 28.8 Å². The summed E-state index contributed by atoms with van der Waals surface area (Å²) in [6, 6.07) is 12.3. The minimum atomic E-state index is -0.290. The Labute approximate surface area is 162 Å². The van der Waals surface area contributed by atoms with Gasteiger partial charge in [-0.15, -0.1) is 0 Å². The van der Waals surface area contributed by atoms with Crippen LogP contribution in [-0.4, -0.2) is 36.4 Å². The van der Waals surface area contributed by atoms with Gasteiger partial charge in [-0.2, -0.15) is 0 Å². The number of hydrogen-bond acceptors (Lipinski definition) is 3. The molecule has 0 aromatic heterocycles. The van der Waals surface area contributed by atoms with Crippen molar-refractivity contribution in [1.29, 1.82) is 0 Å². The molecule has 0 spiro atoms. The second-order valence-electron chi connectivity index (χ2n) is 5.59. The lowest BCUT2D eigenvalue weighted by Crippen LogP contribution is -2.30. The van der Waals surface area contributed by atoms with Gasteiger partial charge in [-0.3, -0.25) is 9.59 Å². The van der Waals surface area contributed by atoms with Crippen LogP contribution in [0.5, 0.6) is 5.75 Å². The summed E-state index contributed by atoms with van der Waals surface area (Å²) in [6.07, 6.45) is 0. The fourth-order valence-electron chi connectivity index (χ4n) is 2.58. The molecule has 0 saturated heterocycles. The molecule has 0 bridgehead atoms. The van der Waals surface area contributed by atoms with E-state index in [-0.39, 0.29) is 11.8 Å². The Hall–Kier alpha value is -2.34. The van der Waals surface area contributed by atoms with E-state index in [0.29, 0.717) is 42.3 Å².